The van der Waals surface area contributed by atoms with E-state index in [1.54, 1.807) is 0 Å². The van der Waals surface area contributed by atoms with Crippen LogP contribution in [0.2, 0.25) is 0 Å². The summed E-state index contributed by atoms with van der Waals surface area (Å²) in [7, 11) is 0. The molecule has 0 spiro atoms. The molecule has 0 saturated carbocycles. The first kappa shape index (κ1) is 23.1. The van der Waals surface area contributed by atoms with E-state index in [9.17, 15) is 4.79 Å². The predicted molar refractivity (Wildman–Crippen MR) is 136 cm³/mol. The number of carbonyl (C=O) groups is 1. The number of halogens is 1. The van der Waals surface area contributed by atoms with E-state index in [-0.39, 0.29) is 11.3 Å². The van der Waals surface area contributed by atoms with Crippen LogP contribution in [0.4, 0.5) is 5.13 Å². The highest BCUT2D eigenvalue weighted by molar-refractivity contribution is 9.10. The fourth-order valence-corrected chi connectivity index (χ4v) is 5.13. The van der Waals surface area contributed by atoms with E-state index in [0.29, 0.717) is 16.7 Å². The second-order valence-electron chi connectivity index (χ2n) is 8.71. The molecule has 5 nitrogen and oxygen atoms in total. The van der Waals surface area contributed by atoms with Crippen molar-refractivity contribution in [2.75, 3.05) is 31.5 Å². The number of aromatic nitrogens is 1. The molecule has 3 aromatic rings. The van der Waals surface area contributed by atoms with Crippen LogP contribution in [0.15, 0.2) is 58.4 Å². The van der Waals surface area contributed by atoms with Gasteiger partial charge in [0, 0.05) is 53.1 Å². The molecule has 1 atom stereocenters. The molecule has 1 amide bonds. The first-order valence-electron chi connectivity index (χ1n) is 10.9. The van der Waals surface area contributed by atoms with Crippen LogP contribution in [-0.2, 0) is 5.41 Å². The Hall–Kier alpha value is -2.06. The standard InChI is InChI=1S/C25H29BrN4OS/c1-17(30-14-12-27-13-15-30)18-4-6-19(7-5-18)23(31)29-24-28-22(16-32-24)25(2,3)20-8-10-21(26)11-9-20/h4-11,16-17,27H,12-15H2,1-3H3,(H,28,29,31). The molecule has 2 heterocycles. The van der Waals surface area contributed by atoms with Crippen LogP contribution in [0.25, 0.3) is 0 Å². The molecule has 1 fully saturated rings. The van der Waals surface area contributed by atoms with E-state index >= 15 is 0 Å². The molecule has 2 N–H and O–H groups in total. The Morgan fingerprint density at radius 3 is 2.44 bits per heavy atom. The van der Waals surface area contributed by atoms with Gasteiger partial charge in [0.25, 0.3) is 5.91 Å². The summed E-state index contributed by atoms with van der Waals surface area (Å²) in [6.07, 6.45) is 0. The van der Waals surface area contributed by atoms with Crippen molar-refractivity contribution in [1.29, 1.82) is 0 Å². The lowest BCUT2D eigenvalue weighted by atomic mass is 9.82. The number of nitrogens with zero attached hydrogens (tertiary/aromatic N) is 2. The zero-order chi connectivity index (χ0) is 22.7. The number of benzene rings is 2. The van der Waals surface area contributed by atoms with Gasteiger partial charge in [0.05, 0.1) is 5.69 Å². The van der Waals surface area contributed by atoms with Crippen molar-refractivity contribution in [2.24, 2.45) is 0 Å². The largest absolute Gasteiger partial charge is 0.314 e. The molecule has 1 saturated heterocycles. The summed E-state index contributed by atoms with van der Waals surface area (Å²) in [4.78, 5) is 20.0. The summed E-state index contributed by atoms with van der Waals surface area (Å²) in [5, 5.41) is 9.00. The fourth-order valence-electron chi connectivity index (χ4n) is 4.00. The summed E-state index contributed by atoms with van der Waals surface area (Å²) >= 11 is 4.95. The van der Waals surface area contributed by atoms with Gasteiger partial charge in [-0.05, 0) is 42.3 Å². The van der Waals surface area contributed by atoms with Crippen molar-refractivity contribution >= 4 is 38.3 Å². The topological polar surface area (TPSA) is 57.3 Å². The normalized spacial score (nSPS) is 16.0. The summed E-state index contributed by atoms with van der Waals surface area (Å²) in [5.41, 5.74) is 3.75. The quantitative estimate of drug-likeness (QED) is 0.460. The van der Waals surface area contributed by atoms with E-state index in [4.69, 9.17) is 4.98 Å². The van der Waals surface area contributed by atoms with E-state index in [0.717, 1.165) is 36.3 Å². The van der Waals surface area contributed by atoms with Gasteiger partial charge in [0.2, 0.25) is 0 Å². The maximum atomic E-state index is 12.8. The number of anilines is 1. The molecule has 168 valence electrons. The monoisotopic (exact) mass is 512 g/mol. The van der Waals surface area contributed by atoms with Crippen molar-refractivity contribution in [3.63, 3.8) is 0 Å². The summed E-state index contributed by atoms with van der Waals surface area (Å²) in [5.74, 6) is -0.131. The fraction of sp³-hybridized carbons (Fsp3) is 0.360. The highest BCUT2D eigenvalue weighted by Crippen LogP contribution is 2.34. The molecule has 0 radical (unpaired) electrons. The van der Waals surface area contributed by atoms with Gasteiger partial charge >= 0.3 is 0 Å². The summed E-state index contributed by atoms with van der Waals surface area (Å²) in [6.45, 7) is 10.7. The maximum absolute atomic E-state index is 12.8. The highest BCUT2D eigenvalue weighted by Gasteiger charge is 2.26. The van der Waals surface area contributed by atoms with Crippen molar-refractivity contribution < 1.29 is 4.79 Å². The van der Waals surface area contributed by atoms with Gasteiger partial charge in [-0.3, -0.25) is 15.0 Å². The van der Waals surface area contributed by atoms with Gasteiger partial charge in [-0.25, -0.2) is 4.98 Å². The van der Waals surface area contributed by atoms with E-state index in [1.165, 1.54) is 22.5 Å². The zero-order valence-electron chi connectivity index (χ0n) is 18.7. The first-order chi connectivity index (χ1) is 15.3. The second kappa shape index (κ2) is 9.83. The van der Waals surface area contributed by atoms with E-state index in [1.807, 2.05) is 29.6 Å². The molecule has 1 aromatic heterocycles. The maximum Gasteiger partial charge on any atom is 0.257 e. The number of nitrogens with one attached hydrogen (secondary N) is 2. The lowest BCUT2D eigenvalue weighted by Crippen LogP contribution is -2.44. The van der Waals surface area contributed by atoms with Gasteiger partial charge in [-0.1, -0.05) is 54.0 Å². The first-order valence-corrected chi connectivity index (χ1v) is 12.6. The lowest BCUT2D eigenvalue weighted by Gasteiger charge is -2.33. The van der Waals surface area contributed by atoms with Gasteiger partial charge in [0.15, 0.2) is 5.13 Å². The minimum absolute atomic E-state index is 0.131. The van der Waals surface area contributed by atoms with Crippen molar-refractivity contribution in [1.82, 2.24) is 15.2 Å². The van der Waals surface area contributed by atoms with Crippen LogP contribution < -0.4 is 10.6 Å². The number of amides is 1. The Labute approximate surface area is 202 Å². The average molecular weight is 514 g/mol. The Morgan fingerprint density at radius 2 is 1.78 bits per heavy atom. The van der Waals surface area contributed by atoms with Gasteiger partial charge < -0.3 is 5.32 Å². The van der Waals surface area contributed by atoms with Gasteiger partial charge in [0.1, 0.15) is 0 Å². The van der Waals surface area contributed by atoms with Gasteiger partial charge in [-0.2, -0.15) is 0 Å². The molecule has 4 rings (SSSR count). The predicted octanol–water partition coefficient (Wildman–Crippen LogP) is 5.45. The van der Waals surface area contributed by atoms with Crippen LogP contribution in [-0.4, -0.2) is 42.0 Å². The number of thiazole rings is 1. The van der Waals surface area contributed by atoms with Crippen LogP contribution in [0.3, 0.4) is 0 Å². The van der Waals surface area contributed by atoms with Crippen molar-refractivity contribution in [3.05, 3.63) is 80.8 Å². The Morgan fingerprint density at radius 1 is 1.12 bits per heavy atom. The van der Waals surface area contributed by atoms with Crippen LogP contribution in [0.5, 0.6) is 0 Å². The average Bonchev–Trinajstić information content (AvgIpc) is 3.29. The molecule has 0 aliphatic carbocycles. The molecular formula is C25H29BrN4OS. The van der Waals surface area contributed by atoms with E-state index < -0.39 is 0 Å². The molecule has 7 heteroatoms. The van der Waals surface area contributed by atoms with E-state index in [2.05, 4.69) is 76.5 Å². The minimum atomic E-state index is -0.248. The molecule has 2 aromatic carbocycles. The van der Waals surface area contributed by atoms with Crippen molar-refractivity contribution in [3.8, 4) is 0 Å². The van der Waals surface area contributed by atoms with Crippen LogP contribution >= 0.6 is 27.3 Å². The zero-order valence-corrected chi connectivity index (χ0v) is 21.1. The molecule has 0 bridgehead atoms. The van der Waals surface area contributed by atoms with Gasteiger partial charge in [-0.15, -0.1) is 11.3 Å². The van der Waals surface area contributed by atoms with Crippen LogP contribution in [0.1, 0.15) is 54.0 Å². The molecule has 1 aliphatic heterocycles. The third-order valence-electron chi connectivity index (χ3n) is 6.29. The van der Waals surface area contributed by atoms with Crippen LogP contribution in [0, 0.1) is 0 Å². The SMILES string of the molecule is CC(c1ccc(C(=O)Nc2nc(C(C)(C)c3ccc(Br)cc3)cs2)cc1)N1CCNCC1. The number of piperazine rings is 1. The Balaban J connectivity index is 1.42. The lowest BCUT2D eigenvalue weighted by molar-refractivity contribution is 0.102. The minimum Gasteiger partial charge on any atom is -0.314 e. The Bertz CT molecular complexity index is 1060. The third-order valence-corrected chi connectivity index (χ3v) is 7.57. The molecular weight excluding hydrogens is 484 g/mol. The van der Waals surface area contributed by atoms with Crippen molar-refractivity contribution in [2.45, 2.75) is 32.2 Å². The summed E-state index contributed by atoms with van der Waals surface area (Å²) in [6, 6.07) is 16.6. The molecule has 1 aliphatic rings. The molecule has 1 unspecified atom stereocenters. The number of rotatable bonds is 6. The number of hydrogen-bond donors (Lipinski definition) is 2. The second-order valence-corrected chi connectivity index (χ2v) is 10.5. The number of hydrogen-bond acceptors (Lipinski definition) is 5. The molecule has 32 heavy (non-hydrogen) atoms. The highest BCUT2D eigenvalue weighted by atomic mass is 79.9. The smallest absolute Gasteiger partial charge is 0.257 e. The summed E-state index contributed by atoms with van der Waals surface area (Å²) < 4.78 is 1.05. The number of carbonyl (C=O) groups excluding carboxylic acids is 1. The third kappa shape index (κ3) is 5.12. The Kier molecular flexibility index (Phi) is 7.10.